The zero-order valence-corrected chi connectivity index (χ0v) is 20.6. The maximum Gasteiger partial charge on any atom is 0.274 e. The number of nitrogens with one attached hydrogen (secondary N) is 1. The van der Waals surface area contributed by atoms with Crippen LogP contribution in [0.25, 0.3) is 16.6 Å². The smallest absolute Gasteiger partial charge is 0.274 e. The van der Waals surface area contributed by atoms with Crippen molar-refractivity contribution in [2.75, 3.05) is 44.4 Å². The molecule has 35 heavy (non-hydrogen) atoms. The van der Waals surface area contributed by atoms with Crippen molar-refractivity contribution in [1.29, 1.82) is 0 Å². The molecule has 1 amide bonds. The Labute approximate surface area is 204 Å². The quantitative estimate of drug-likeness (QED) is 0.402. The molecule has 1 aliphatic heterocycles. The molecule has 1 aromatic heterocycles. The van der Waals surface area contributed by atoms with Crippen molar-refractivity contribution in [3.05, 3.63) is 64.2 Å². The van der Waals surface area contributed by atoms with Crippen LogP contribution in [0.4, 0.5) is 0 Å². The lowest BCUT2D eigenvalue weighted by atomic mass is 10.1. The fraction of sp³-hybridized carbons (Fsp3) is 0.375. The van der Waals surface area contributed by atoms with E-state index in [-0.39, 0.29) is 5.56 Å². The van der Waals surface area contributed by atoms with E-state index in [1.54, 1.807) is 43.3 Å². The second kappa shape index (κ2) is 10.8. The van der Waals surface area contributed by atoms with Crippen LogP contribution < -0.4 is 15.8 Å². The van der Waals surface area contributed by atoms with Crippen molar-refractivity contribution in [2.45, 2.75) is 13.8 Å². The van der Waals surface area contributed by atoms with E-state index >= 15 is 0 Å². The Morgan fingerprint density at radius 2 is 1.94 bits per heavy atom. The molecule has 188 valence electrons. The van der Waals surface area contributed by atoms with Gasteiger partial charge in [0, 0.05) is 25.2 Å². The molecule has 3 aromatic rings. The Hall–Kier alpha value is -2.96. The number of carbonyl (C=O) groups excluding carboxylic acids is 1. The maximum atomic E-state index is 13.4. The number of benzene rings is 2. The number of fused-ring (bicyclic) bond motifs is 1. The van der Waals surface area contributed by atoms with Gasteiger partial charge in [-0.25, -0.2) is 10.5 Å². The highest BCUT2D eigenvalue weighted by Gasteiger charge is 2.21. The molecule has 1 saturated heterocycles. The van der Waals surface area contributed by atoms with Gasteiger partial charge in [-0.2, -0.15) is 10.6 Å². The third kappa shape index (κ3) is 6.00. The van der Waals surface area contributed by atoms with Crippen molar-refractivity contribution < 1.29 is 23.5 Å². The summed E-state index contributed by atoms with van der Waals surface area (Å²) in [6.45, 7) is 6.28. The molecule has 4 rings (SSSR count). The number of ether oxygens (including phenoxy) is 1. The summed E-state index contributed by atoms with van der Waals surface area (Å²) in [7, 11) is -2.42. The normalized spacial score (nSPS) is 16.7. The number of nitrogens with zero attached hydrogens (tertiary/aromatic N) is 3. The molecule has 0 spiro atoms. The number of amides is 1. The van der Waals surface area contributed by atoms with Crippen molar-refractivity contribution in [3.63, 3.8) is 0 Å². The van der Waals surface area contributed by atoms with Crippen molar-refractivity contribution in [2.24, 2.45) is 0 Å². The third-order valence-electron chi connectivity index (χ3n) is 5.91. The van der Waals surface area contributed by atoms with Gasteiger partial charge >= 0.3 is 0 Å². The zero-order valence-electron chi connectivity index (χ0n) is 19.8. The van der Waals surface area contributed by atoms with Gasteiger partial charge in [-0.05, 0) is 49.7 Å². The van der Waals surface area contributed by atoms with E-state index in [2.05, 4.69) is 15.4 Å². The first-order valence-electron chi connectivity index (χ1n) is 11.4. The van der Waals surface area contributed by atoms with E-state index in [0.29, 0.717) is 72.3 Å². The van der Waals surface area contributed by atoms with Crippen LogP contribution in [0, 0.1) is 6.92 Å². The van der Waals surface area contributed by atoms with Gasteiger partial charge in [0.1, 0.15) is 18.7 Å². The summed E-state index contributed by atoms with van der Waals surface area (Å²) in [5.74, 6) is 0.936. The summed E-state index contributed by atoms with van der Waals surface area (Å²) in [5, 5.41) is 0.403. The van der Waals surface area contributed by atoms with E-state index in [1.807, 2.05) is 6.92 Å². The Morgan fingerprint density at radius 3 is 2.69 bits per heavy atom. The van der Waals surface area contributed by atoms with Gasteiger partial charge in [0.2, 0.25) is 0 Å². The van der Waals surface area contributed by atoms with Crippen LogP contribution in [-0.4, -0.2) is 73.8 Å². The summed E-state index contributed by atoms with van der Waals surface area (Å²) < 4.78 is 26.8. The van der Waals surface area contributed by atoms with E-state index in [4.69, 9.17) is 9.57 Å². The van der Waals surface area contributed by atoms with E-state index in [0.717, 1.165) is 5.56 Å². The molecule has 1 fully saturated rings. The number of aromatic nitrogens is 2. The van der Waals surface area contributed by atoms with Gasteiger partial charge in [0.15, 0.2) is 0 Å². The lowest BCUT2D eigenvalue weighted by molar-refractivity contribution is 0.0364. The number of rotatable bonds is 8. The molecule has 11 heteroatoms. The molecule has 0 unspecified atom stereocenters. The van der Waals surface area contributed by atoms with Gasteiger partial charge in [-0.1, -0.05) is 6.07 Å². The fourth-order valence-corrected chi connectivity index (χ4v) is 5.16. The Morgan fingerprint density at radius 1 is 1.17 bits per heavy atom. The minimum absolute atomic E-state index is 0.271. The highest BCUT2D eigenvalue weighted by Crippen LogP contribution is 2.40. The van der Waals surface area contributed by atoms with Crippen LogP contribution in [0.15, 0.2) is 47.5 Å². The van der Waals surface area contributed by atoms with Crippen LogP contribution in [-0.2, 0) is 4.84 Å². The van der Waals surface area contributed by atoms with E-state index < -0.39 is 16.5 Å². The van der Waals surface area contributed by atoms with Crippen LogP contribution in [0.5, 0.6) is 5.75 Å². The van der Waals surface area contributed by atoms with Crippen molar-refractivity contribution in [1.82, 2.24) is 19.9 Å². The summed E-state index contributed by atoms with van der Waals surface area (Å²) in [6.07, 6.45) is 1.46. The average molecular weight is 503 g/mol. The Balaban J connectivity index is 1.53. The molecule has 0 saturated carbocycles. The molecular formula is C24H30N4O6S. The average Bonchev–Trinajstić information content (AvgIpc) is 2.84. The minimum Gasteiger partial charge on any atom is -0.492 e. The maximum absolute atomic E-state index is 13.4. The van der Waals surface area contributed by atoms with Gasteiger partial charge in [0.05, 0.1) is 34.7 Å². The molecule has 0 radical (unpaired) electrons. The molecule has 0 aliphatic carbocycles. The number of aryl methyl sites for hydroxylation is 1. The lowest BCUT2D eigenvalue weighted by Gasteiger charge is -2.40. The van der Waals surface area contributed by atoms with Crippen LogP contribution in [0.2, 0.25) is 0 Å². The molecule has 0 bridgehead atoms. The minimum atomic E-state index is -2.42. The second-order valence-corrected chi connectivity index (χ2v) is 10.8. The highest BCUT2D eigenvalue weighted by molar-refractivity contribution is 8.24. The molecule has 1 aliphatic rings. The number of hydrogen-bond acceptors (Lipinski definition) is 8. The Kier molecular flexibility index (Phi) is 7.72. The standard InChI is InChI=1S/C24H30N4O6S/c1-3-34-26-23(29)18-5-4-17(2)22(14-18)28-16-25-21-7-6-19(15-20(21)24(28)30)33-11-8-27-9-12-35(31,32)13-10-27/h4-7,14-16,31-32H,3,8-13H2,1-2H3,(H,26,29). The van der Waals surface area contributed by atoms with Crippen molar-refractivity contribution >= 4 is 27.4 Å². The summed E-state index contributed by atoms with van der Waals surface area (Å²) in [4.78, 5) is 37.2. The second-order valence-electron chi connectivity index (χ2n) is 8.36. The first-order chi connectivity index (χ1) is 16.8. The zero-order chi connectivity index (χ0) is 25.0. The molecule has 0 atom stereocenters. The van der Waals surface area contributed by atoms with Gasteiger partial charge in [-0.3, -0.25) is 33.0 Å². The Bertz CT molecular complexity index is 1270. The largest absolute Gasteiger partial charge is 0.492 e. The summed E-state index contributed by atoms with van der Waals surface area (Å²) in [5.41, 5.74) is 4.36. The van der Waals surface area contributed by atoms with E-state index in [1.165, 1.54) is 10.9 Å². The molecule has 3 N–H and O–H groups in total. The van der Waals surface area contributed by atoms with Gasteiger partial charge < -0.3 is 4.74 Å². The predicted molar refractivity (Wildman–Crippen MR) is 136 cm³/mol. The monoisotopic (exact) mass is 502 g/mol. The third-order valence-corrected chi connectivity index (χ3v) is 7.59. The van der Waals surface area contributed by atoms with Gasteiger partial charge in [0.25, 0.3) is 11.5 Å². The van der Waals surface area contributed by atoms with Crippen molar-refractivity contribution in [3.8, 4) is 11.4 Å². The van der Waals surface area contributed by atoms with E-state index in [9.17, 15) is 18.7 Å². The SMILES string of the molecule is CCONC(=O)c1ccc(C)c(-n2cnc3ccc(OCCN4CCS(O)(O)CC4)cc3c2=O)c1. The van der Waals surface area contributed by atoms with Crippen LogP contribution >= 0.6 is 10.6 Å². The number of hydrogen-bond donors (Lipinski definition) is 3. The molecule has 2 aromatic carbocycles. The first-order valence-corrected chi connectivity index (χ1v) is 13.3. The number of carbonyl (C=O) groups is 1. The lowest BCUT2D eigenvalue weighted by Crippen LogP contribution is -2.40. The fourth-order valence-electron chi connectivity index (χ4n) is 3.85. The van der Waals surface area contributed by atoms with Crippen LogP contribution in [0.1, 0.15) is 22.8 Å². The predicted octanol–water partition coefficient (Wildman–Crippen LogP) is 2.82. The highest BCUT2D eigenvalue weighted by atomic mass is 32.3. The molecular weight excluding hydrogens is 472 g/mol. The summed E-state index contributed by atoms with van der Waals surface area (Å²) in [6, 6.07) is 10.3. The number of hydroxylamine groups is 1. The first kappa shape index (κ1) is 25.1. The summed E-state index contributed by atoms with van der Waals surface area (Å²) >= 11 is 0. The molecule has 10 nitrogen and oxygen atoms in total. The molecule has 2 heterocycles. The topological polar surface area (TPSA) is 126 Å². The van der Waals surface area contributed by atoms with Crippen LogP contribution in [0.3, 0.4) is 0 Å². The van der Waals surface area contributed by atoms with Gasteiger partial charge in [-0.15, -0.1) is 0 Å².